The van der Waals surface area contributed by atoms with Crippen LogP contribution in [0.1, 0.15) is 29.2 Å². The van der Waals surface area contributed by atoms with Gasteiger partial charge in [-0.15, -0.1) is 0 Å². The van der Waals surface area contributed by atoms with E-state index in [1.54, 1.807) is 6.92 Å². The third-order valence-electron chi connectivity index (χ3n) is 5.41. The lowest BCUT2D eigenvalue weighted by atomic mass is 9.94. The number of rotatable bonds is 7. The van der Waals surface area contributed by atoms with E-state index in [-0.39, 0.29) is 23.4 Å². The maximum atomic E-state index is 14.1. The van der Waals surface area contributed by atoms with Gasteiger partial charge >= 0.3 is 0 Å². The summed E-state index contributed by atoms with van der Waals surface area (Å²) in [6.07, 6.45) is 0.572. The number of nitro benzene ring substituents is 1. The fourth-order valence-electron chi connectivity index (χ4n) is 3.69. The topological polar surface area (TPSA) is 104 Å². The Morgan fingerprint density at radius 1 is 1.19 bits per heavy atom. The molecule has 168 valence electrons. The number of benzene rings is 2. The van der Waals surface area contributed by atoms with E-state index in [0.717, 1.165) is 6.07 Å². The number of aliphatic hydroxyl groups excluding tert-OH is 1. The van der Waals surface area contributed by atoms with Crippen molar-refractivity contribution in [3.8, 4) is 0 Å². The number of likely N-dealkylation sites (tertiary alicyclic amines) is 1. The summed E-state index contributed by atoms with van der Waals surface area (Å²) in [6.45, 7) is 2.47. The molecule has 0 aliphatic carbocycles. The molecule has 0 bridgehead atoms. The predicted molar refractivity (Wildman–Crippen MR) is 116 cm³/mol. The van der Waals surface area contributed by atoms with Crippen molar-refractivity contribution in [1.29, 1.82) is 0 Å². The molecule has 8 nitrogen and oxygen atoms in total. The lowest BCUT2D eigenvalue weighted by molar-refractivity contribution is -0.384. The van der Waals surface area contributed by atoms with Gasteiger partial charge in [0.15, 0.2) is 0 Å². The summed E-state index contributed by atoms with van der Waals surface area (Å²) >= 11 is 0. The number of amides is 1. The molecule has 1 N–H and O–H groups in total. The van der Waals surface area contributed by atoms with Gasteiger partial charge in [0, 0.05) is 24.2 Å². The van der Waals surface area contributed by atoms with Crippen molar-refractivity contribution in [3.63, 3.8) is 0 Å². The van der Waals surface area contributed by atoms with Gasteiger partial charge in [0.1, 0.15) is 11.6 Å². The van der Waals surface area contributed by atoms with Crippen LogP contribution < -0.4 is 0 Å². The molecule has 9 heteroatoms. The Bertz CT molecular complexity index is 1100. The van der Waals surface area contributed by atoms with Gasteiger partial charge in [0.2, 0.25) is 0 Å². The molecule has 1 unspecified atom stereocenters. The standard InChI is InChI=1S/C23H24FN3O5/c1-14-5-6-16(13-18(14)24)21(28)19-20(15-7-9-17(10-8-15)27(31)32)26(23(30)22(19)29)12-4-11-25(2)3/h5-10,13,20,28H,4,11-12H2,1-3H3/b21-19+. The molecular formula is C23H24FN3O5. The average molecular weight is 441 g/mol. The zero-order chi connectivity index (χ0) is 23.6. The fourth-order valence-corrected chi connectivity index (χ4v) is 3.69. The van der Waals surface area contributed by atoms with Crippen molar-refractivity contribution in [2.75, 3.05) is 27.2 Å². The minimum atomic E-state index is -0.942. The fraction of sp³-hybridized carbons (Fsp3) is 0.304. The van der Waals surface area contributed by atoms with E-state index in [1.807, 2.05) is 19.0 Å². The minimum Gasteiger partial charge on any atom is -0.507 e. The average Bonchev–Trinajstić information content (AvgIpc) is 3.00. The van der Waals surface area contributed by atoms with Gasteiger partial charge in [-0.05, 0) is 63.3 Å². The van der Waals surface area contributed by atoms with Crippen molar-refractivity contribution >= 4 is 23.1 Å². The maximum absolute atomic E-state index is 14.1. The first-order valence-electron chi connectivity index (χ1n) is 10.1. The Labute approximate surface area is 184 Å². The third-order valence-corrected chi connectivity index (χ3v) is 5.41. The quantitative estimate of drug-likeness (QED) is 0.232. The second-order valence-electron chi connectivity index (χ2n) is 7.96. The largest absolute Gasteiger partial charge is 0.507 e. The highest BCUT2D eigenvalue weighted by atomic mass is 19.1. The van der Waals surface area contributed by atoms with Crippen LogP contribution in [-0.4, -0.2) is 58.7 Å². The highest BCUT2D eigenvalue weighted by Crippen LogP contribution is 2.40. The van der Waals surface area contributed by atoms with Gasteiger partial charge in [-0.2, -0.15) is 0 Å². The van der Waals surface area contributed by atoms with Crippen LogP contribution >= 0.6 is 0 Å². The first-order chi connectivity index (χ1) is 15.1. The molecular weight excluding hydrogens is 417 g/mol. The SMILES string of the molecule is Cc1ccc(/C(O)=C2\C(=O)C(=O)N(CCCN(C)C)C2c2ccc([N+](=O)[O-])cc2)cc1F. The molecule has 1 amide bonds. The summed E-state index contributed by atoms with van der Waals surface area (Å²) in [5.41, 5.74) is 0.577. The molecule has 0 aromatic heterocycles. The van der Waals surface area contributed by atoms with Crippen molar-refractivity contribution in [2.24, 2.45) is 0 Å². The smallest absolute Gasteiger partial charge is 0.295 e. The Balaban J connectivity index is 2.11. The number of aryl methyl sites for hydroxylation is 1. The number of halogens is 1. The second-order valence-corrected chi connectivity index (χ2v) is 7.96. The summed E-state index contributed by atoms with van der Waals surface area (Å²) < 4.78 is 14.1. The molecule has 1 aliphatic rings. The number of hydrogen-bond acceptors (Lipinski definition) is 6. The molecule has 1 aliphatic heterocycles. The van der Waals surface area contributed by atoms with E-state index in [1.165, 1.54) is 41.3 Å². The Hall–Kier alpha value is -3.59. The van der Waals surface area contributed by atoms with Gasteiger partial charge in [-0.25, -0.2) is 4.39 Å². The first kappa shape index (κ1) is 23.1. The number of non-ortho nitro benzene ring substituents is 1. The van der Waals surface area contributed by atoms with Crippen molar-refractivity contribution < 1.29 is 24.0 Å². The van der Waals surface area contributed by atoms with E-state index in [2.05, 4.69) is 0 Å². The number of aliphatic hydroxyl groups is 1. The summed E-state index contributed by atoms with van der Waals surface area (Å²) in [6, 6.07) is 8.58. The van der Waals surface area contributed by atoms with Crippen LogP contribution in [0.3, 0.4) is 0 Å². The molecule has 32 heavy (non-hydrogen) atoms. The number of carbonyl (C=O) groups is 2. The zero-order valence-electron chi connectivity index (χ0n) is 18.0. The predicted octanol–water partition coefficient (Wildman–Crippen LogP) is 3.42. The number of carbonyl (C=O) groups excluding carboxylic acids is 2. The summed E-state index contributed by atoms with van der Waals surface area (Å²) in [7, 11) is 3.77. The molecule has 2 aromatic carbocycles. The van der Waals surface area contributed by atoms with E-state index < -0.39 is 34.2 Å². The number of nitro groups is 1. The van der Waals surface area contributed by atoms with Crippen LogP contribution in [0.25, 0.3) is 5.76 Å². The molecule has 1 saturated heterocycles. The Morgan fingerprint density at radius 2 is 1.84 bits per heavy atom. The van der Waals surface area contributed by atoms with Gasteiger partial charge in [-0.1, -0.05) is 12.1 Å². The molecule has 0 saturated carbocycles. The Morgan fingerprint density at radius 3 is 2.41 bits per heavy atom. The van der Waals surface area contributed by atoms with Gasteiger partial charge in [-0.3, -0.25) is 19.7 Å². The molecule has 1 heterocycles. The van der Waals surface area contributed by atoms with E-state index >= 15 is 0 Å². The third kappa shape index (κ3) is 4.52. The van der Waals surface area contributed by atoms with E-state index in [9.17, 15) is 29.2 Å². The normalized spacial score (nSPS) is 17.9. The maximum Gasteiger partial charge on any atom is 0.295 e. The van der Waals surface area contributed by atoms with Crippen LogP contribution in [-0.2, 0) is 9.59 Å². The number of nitrogens with zero attached hydrogens (tertiary/aromatic N) is 3. The molecule has 1 fully saturated rings. The number of ketones is 1. The van der Waals surface area contributed by atoms with E-state index in [4.69, 9.17) is 0 Å². The van der Waals surface area contributed by atoms with Crippen molar-refractivity contribution in [2.45, 2.75) is 19.4 Å². The van der Waals surface area contributed by atoms with Crippen LogP contribution in [0, 0.1) is 22.9 Å². The van der Waals surface area contributed by atoms with Gasteiger partial charge in [0.25, 0.3) is 17.4 Å². The number of Topliss-reactive ketones (excluding diaryl/α,β-unsaturated/α-hetero) is 1. The highest BCUT2D eigenvalue weighted by molar-refractivity contribution is 6.46. The van der Waals surface area contributed by atoms with E-state index in [0.29, 0.717) is 24.1 Å². The van der Waals surface area contributed by atoms with Gasteiger partial charge in [0.05, 0.1) is 16.5 Å². The molecule has 3 rings (SSSR count). The second kappa shape index (κ2) is 9.27. The molecule has 0 spiro atoms. The van der Waals surface area contributed by atoms with Crippen molar-refractivity contribution in [3.05, 3.63) is 80.7 Å². The zero-order valence-corrected chi connectivity index (χ0v) is 18.0. The molecule has 1 atom stereocenters. The lowest BCUT2D eigenvalue weighted by Crippen LogP contribution is -2.32. The lowest BCUT2D eigenvalue weighted by Gasteiger charge is -2.26. The number of hydrogen-bond donors (Lipinski definition) is 1. The van der Waals surface area contributed by atoms with Crippen molar-refractivity contribution in [1.82, 2.24) is 9.80 Å². The van der Waals surface area contributed by atoms with Crippen LogP contribution in [0.4, 0.5) is 10.1 Å². The minimum absolute atomic E-state index is 0.0753. The highest BCUT2D eigenvalue weighted by Gasteiger charge is 2.45. The molecule has 2 aromatic rings. The molecule has 0 radical (unpaired) electrons. The summed E-state index contributed by atoms with van der Waals surface area (Å²) in [5.74, 6) is -2.69. The van der Waals surface area contributed by atoms with Crippen LogP contribution in [0.2, 0.25) is 0 Å². The van der Waals surface area contributed by atoms with Gasteiger partial charge < -0.3 is 14.9 Å². The summed E-state index contributed by atoms with van der Waals surface area (Å²) in [4.78, 5) is 39.5. The van der Waals surface area contributed by atoms with Crippen LogP contribution in [0.5, 0.6) is 0 Å². The van der Waals surface area contributed by atoms with Crippen LogP contribution in [0.15, 0.2) is 48.0 Å². The summed E-state index contributed by atoms with van der Waals surface area (Å²) in [5, 5.41) is 21.9. The monoisotopic (exact) mass is 441 g/mol. The Kier molecular flexibility index (Phi) is 6.69. The first-order valence-corrected chi connectivity index (χ1v) is 10.1.